The molecule has 0 bridgehead atoms. The quantitative estimate of drug-likeness (QED) is 0.460. The molecule has 6 heteroatoms. The van der Waals surface area contributed by atoms with Crippen molar-refractivity contribution in [2.24, 2.45) is 11.8 Å². The molecule has 2 N–H and O–H groups in total. The van der Waals surface area contributed by atoms with Crippen molar-refractivity contribution in [1.82, 2.24) is 10.2 Å². The minimum Gasteiger partial charge on any atom is -0.342 e. The summed E-state index contributed by atoms with van der Waals surface area (Å²) in [6.07, 6.45) is 15.6. The Morgan fingerprint density at radius 2 is 1.65 bits per heavy atom. The molecule has 1 saturated heterocycles. The second kappa shape index (κ2) is 10.1. The summed E-state index contributed by atoms with van der Waals surface area (Å²) in [5, 5.41) is 13.1. The molecule has 1 amide bonds. The van der Waals surface area contributed by atoms with E-state index in [2.05, 4.69) is 5.32 Å². The SMILES string of the molecule is N=C1N[C@](CCC2CCCCC2)(CC2CCCCC2)C(=O)N1Cc1ccc(Cl)cc1Cl. The van der Waals surface area contributed by atoms with Crippen LogP contribution >= 0.6 is 23.2 Å². The van der Waals surface area contributed by atoms with Gasteiger partial charge in [0.1, 0.15) is 5.54 Å². The van der Waals surface area contributed by atoms with Gasteiger partial charge < -0.3 is 5.32 Å². The van der Waals surface area contributed by atoms with Crippen molar-refractivity contribution in [2.75, 3.05) is 0 Å². The first-order valence-electron chi connectivity index (χ1n) is 12.1. The van der Waals surface area contributed by atoms with E-state index in [1.807, 2.05) is 6.07 Å². The maximum absolute atomic E-state index is 13.8. The summed E-state index contributed by atoms with van der Waals surface area (Å²) in [5.41, 5.74) is 0.196. The summed E-state index contributed by atoms with van der Waals surface area (Å²) in [4.78, 5) is 15.4. The molecule has 1 atom stereocenters. The number of benzene rings is 1. The molecule has 1 aliphatic heterocycles. The van der Waals surface area contributed by atoms with E-state index in [0.717, 1.165) is 30.7 Å². The number of hydrogen-bond acceptors (Lipinski definition) is 2. The molecule has 2 saturated carbocycles. The molecule has 3 fully saturated rings. The first kappa shape index (κ1) is 22.9. The average Bonchev–Trinajstić information content (AvgIpc) is 3.00. The van der Waals surface area contributed by atoms with Crippen LogP contribution < -0.4 is 5.32 Å². The summed E-state index contributed by atoms with van der Waals surface area (Å²) in [6.45, 7) is 0.316. The number of halogens is 2. The molecular weight excluding hydrogens is 429 g/mol. The largest absolute Gasteiger partial charge is 0.342 e. The molecule has 0 radical (unpaired) electrons. The van der Waals surface area contributed by atoms with E-state index in [0.29, 0.717) is 22.5 Å². The molecule has 1 heterocycles. The molecule has 0 aromatic heterocycles. The molecule has 0 spiro atoms. The van der Waals surface area contributed by atoms with Crippen molar-refractivity contribution in [3.8, 4) is 0 Å². The fourth-order valence-corrected chi connectivity index (χ4v) is 6.37. The lowest BCUT2D eigenvalue weighted by atomic mass is 9.75. The monoisotopic (exact) mass is 463 g/mol. The number of carbonyl (C=O) groups is 1. The van der Waals surface area contributed by atoms with Gasteiger partial charge in [-0.1, -0.05) is 93.5 Å². The fourth-order valence-electron chi connectivity index (χ4n) is 5.90. The third kappa shape index (κ3) is 5.39. The van der Waals surface area contributed by atoms with Crippen LogP contribution in [0.3, 0.4) is 0 Å². The van der Waals surface area contributed by atoms with Crippen molar-refractivity contribution in [3.63, 3.8) is 0 Å². The van der Waals surface area contributed by atoms with Gasteiger partial charge in [-0.2, -0.15) is 0 Å². The summed E-state index contributed by atoms with van der Waals surface area (Å²) < 4.78 is 0. The Hall–Kier alpha value is -1.26. The molecular formula is C25H35Cl2N3O. The van der Waals surface area contributed by atoms with Gasteiger partial charge in [-0.15, -0.1) is 0 Å². The van der Waals surface area contributed by atoms with E-state index in [4.69, 9.17) is 28.6 Å². The van der Waals surface area contributed by atoms with Crippen LogP contribution in [0.2, 0.25) is 10.0 Å². The third-order valence-electron chi connectivity index (χ3n) is 7.69. The zero-order chi connectivity index (χ0) is 21.8. The number of rotatable bonds is 7. The van der Waals surface area contributed by atoms with Crippen molar-refractivity contribution < 1.29 is 4.79 Å². The predicted molar refractivity (Wildman–Crippen MR) is 128 cm³/mol. The van der Waals surface area contributed by atoms with E-state index >= 15 is 0 Å². The molecule has 170 valence electrons. The summed E-state index contributed by atoms with van der Waals surface area (Å²) >= 11 is 12.4. The highest BCUT2D eigenvalue weighted by Gasteiger charge is 2.50. The Balaban J connectivity index is 1.52. The van der Waals surface area contributed by atoms with E-state index in [1.165, 1.54) is 64.2 Å². The van der Waals surface area contributed by atoms with Crippen LogP contribution in [0, 0.1) is 17.2 Å². The first-order valence-corrected chi connectivity index (χ1v) is 12.8. The maximum atomic E-state index is 13.8. The second-order valence-corrected chi connectivity index (χ2v) is 10.8. The number of hydrogen-bond donors (Lipinski definition) is 2. The maximum Gasteiger partial charge on any atom is 0.255 e. The van der Waals surface area contributed by atoms with Crippen LogP contribution in [0.1, 0.15) is 89.0 Å². The Bertz CT molecular complexity index is 802. The molecule has 2 aliphatic carbocycles. The van der Waals surface area contributed by atoms with Crippen LogP contribution in [0.4, 0.5) is 0 Å². The van der Waals surface area contributed by atoms with Gasteiger partial charge >= 0.3 is 0 Å². The van der Waals surface area contributed by atoms with Gasteiger partial charge in [-0.3, -0.25) is 15.1 Å². The van der Waals surface area contributed by atoms with Gasteiger partial charge in [0.15, 0.2) is 5.96 Å². The van der Waals surface area contributed by atoms with Gasteiger partial charge in [0.2, 0.25) is 0 Å². The molecule has 0 unspecified atom stereocenters. The molecule has 1 aromatic rings. The van der Waals surface area contributed by atoms with Gasteiger partial charge in [0, 0.05) is 10.0 Å². The molecule has 3 aliphatic rings. The number of nitrogens with zero attached hydrogens (tertiary/aromatic N) is 1. The van der Waals surface area contributed by atoms with Crippen LogP contribution in [0.5, 0.6) is 0 Å². The third-order valence-corrected chi connectivity index (χ3v) is 8.28. The second-order valence-electron chi connectivity index (χ2n) is 9.93. The first-order chi connectivity index (χ1) is 15.0. The Morgan fingerprint density at radius 3 is 2.29 bits per heavy atom. The average molecular weight is 464 g/mol. The number of nitrogens with one attached hydrogen (secondary N) is 2. The highest BCUT2D eigenvalue weighted by Crippen LogP contribution is 2.39. The highest BCUT2D eigenvalue weighted by molar-refractivity contribution is 6.35. The van der Waals surface area contributed by atoms with E-state index < -0.39 is 5.54 Å². The molecule has 31 heavy (non-hydrogen) atoms. The smallest absolute Gasteiger partial charge is 0.255 e. The minimum atomic E-state index is -0.630. The van der Waals surface area contributed by atoms with Crippen LogP contribution in [-0.4, -0.2) is 22.3 Å². The minimum absolute atomic E-state index is 0.0601. The molecule has 1 aromatic carbocycles. The van der Waals surface area contributed by atoms with Gasteiger partial charge in [0.25, 0.3) is 5.91 Å². The van der Waals surface area contributed by atoms with Crippen LogP contribution in [0.15, 0.2) is 18.2 Å². The Labute approximate surface area is 196 Å². The Kier molecular flexibility index (Phi) is 7.48. The normalized spacial score (nSPS) is 25.8. The van der Waals surface area contributed by atoms with Gasteiger partial charge in [0.05, 0.1) is 6.54 Å². The van der Waals surface area contributed by atoms with E-state index in [9.17, 15) is 4.79 Å². The van der Waals surface area contributed by atoms with Gasteiger partial charge in [-0.25, -0.2) is 0 Å². The lowest BCUT2D eigenvalue weighted by Crippen LogP contribution is -2.49. The number of carbonyl (C=O) groups excluding carboxylic acids is 1. The number of amides is 1. The fraction of sp³-hybridized carbons (Fsp3) is 0.680. The number of guanidine groups is 1. The molecule has 4 rings (SSSR count). The highest BCUT2D eigenvalue weighted by atomic mass is 35.5. The molecule has 4 nitrogen and oxygen atoms in total. The lowest BCUT2D eigenvalue weighted by molar-refractivity contribution is -0.132. The summed E-state index contributed by atoms with van der Waals surface area (Å²) in [6, 6.07) is 5.35. The van der Waals surface area contributed by atoms with Crippen molar-refractivity contribution in [2.45, 2.75) is 95.6 Å². The van der Waals surface area contributed by atoms with E-state index in [1.54, 1.807) is 17.0 Å². The summed E-state index contributed by atoms with van der Waals surface area (Å²) in [5.74, 6) is 1.57. The zero-order valence-electron chi connectivity index (χ0n) is 18.4. The standard InChI is InChI=1S/C25H35Cl2N3O/c26-21-12-11-20(22(27)15-21)17-30-23(31)25(29-24(30)28,16-19-9-5-2-6-10-19)14-13-18-7-3-1-4-8-18/h11-12,15,18-19H,1-10,13-14,16-17H2,(H2,28,29)/t25-/m1/s1. The van der Waals surface area contributed by atoms with Crippen molar-refractivity contribution in [3.05, 3.63) is 33.8 Å². The zero-order valence-corrected chi connectivity index (χ0v) is 19.9. The topological polar surface area (TPSA) is 56.2 Å². The van der Waals surface area contributed by atoms with E-state index in [-0.39, 0.29) is 11.9 Å². The van der Waals surface area contributed by atoms with Crippen LogP contribution in [-0.2, 0) is 11.3 Å². The lowest BCUT2D eigenvalue weighted by Gasteiger charge is -2.34. The predicted octanol–water partition coefficient (Wildman–Crippen LogP) is 6.93. The summed E-state index contributed by atoms with van der Waals surface area (Å²) in [7, 11) is 0. The Morgan fingerprint density at radius 1 is 1.00 bits per heavy atom. The van der Waals surface area contributed by atoms with Crippen molar-refractivity contribution >= 4 is 35.1 Å². The van der Waals surface area contributed by atoms with Crippen molar-refractivity contribution in [1.29, 1.82) is 5.41 Å². The van der Waals surface area contributed by atoms with Crippen LogP contribution in [0.25, 0.3) is 0 Å². The van der Waals surface area contributed by atoms with Gasteiger partial charge in [-0.05, 0) is 48.8 Å².